The van der Waals surface area contributed by atoms with Crippen LogP contribution in [0.15, 0.2) is 120 Å². The third-order valence-corrected chi connectivity index (χ3v) is 8.22. The van der Waals surface area contributed by atoms with Crippen LogP contribution in [0, 0.1) is 18.6 Å². The van der Waals surface area contributed by atoms with Gasteiger partial charge >= 0.3 is 0 Å². The molecule has 0 aliphatic rings. The lowest BCUT2D eigenvalue weighted by Crippen LogP contribution is -2.32. The zero-order valence-corrected chi connectivity index (χ0v) is 24.1. The number of rotatable bonds is 5. The average molecular weight is 588 g/mol. The van der Waals surface area contributed by atoms with Crippen LogP contribution in [0.3, 0.4) is 0 Å². The lowest BCUT2D eigenvalue weighted by molar-refractivity contribution is -0.661. The molecule has 5 aromatic carbocycles. The van der Waals surface area contributed by atoms with Gasteiger partial charge in [0.1, 0.15) is 29.8 Å². The molecule has 0 saturated carbocycles. The van der Waals surface area contributed by atoms with E-state index in [1.165, 1.54) is 17.7 Å². The molecule has 0 atom stereocenters. The Labute approximate surface area is 265 Å². The maximum atomic E-state index is 15.9. The summed E-state index contributed by atoms with van der Waals surface area (Å²) in [6.45, 7) is -4.91. The molecule has 216 valence electrons. The van der Waals surface area contributed by atoms with Crippen LogP contribution < -0.4 is 4.57 Å². The first kappa shape index (κ1) is 20.8. The molecule has 0 radical (unpaired) electrons. The number of pyridine rings is 1. The topological polar surface area (TPSA) is 17.0 Å². The highest BCUT2D eigenvalue weighted by atomic mass is 19.1. The molecule has 0 fully saturated rings. The SMILES string of the molecule is [2H]C([2H])([2H])C([2H])(c1c[n+](C)c(-c2c(C)ccc3c2oc2c(-c4ccc(-c5ccc(-c6ccccc6)cc5)cc4)c(F)ccc23)cc1F)C([2H])([2H])[2H]. The van der Waals surface area contributed by atoms with Crippen molar-refractivity contribution in [3.8, 4) is 44.6 Å². The lowest BCUT2D eigenvalue weighted by Gasteiger charge is -2.09. The van der Waals surface area contributed by atoms with Crippen molar-refractivity contribution in [2.75, 3.05) is 0 Å². The number of hydrogen-bond donors (Lipinski definition) is 0. The molecular formula is C40H32F2NO+. The van der Waals surface area contributed by atoms with E-state index in [-0.39, 0.29) is 11.3 Å². The lowest BCUT2D eigenvalue weighted by atomic mass is 9.96. The second-order valence-electron chi connectivity index (χ2n) is 11.0. The van der Waals surface area contributed by atoms with E-state index in [2.05, 4.69) is 24.3 Å². The van der Waals surface area contributed by atoms with Gasteiger partial charge in [0.2, 0.25) is 5.69 Å². The summed E-state index contributed by atoms with van der Waals surface area (Å²) in [5, 5.41) is 1.28. The van der Waals surface area contributed by atoms with Crippen LogP contribution >= 0.6 is 0 Å². The van der Waals surface area contributed by atoms with Crippen LogP contribution in [0.25, 0.3) is 66.6 Å². The smallest absolute Gasteiger partial charge is 0.219 e. The van der Waals surface area contributed by atoms with Crippen molar-refractivity contribution in [2.24, 2.45) is 7.05 Å². The Morgan fingerprint density at radius 2 is 1.20 bits per heavy atom. The van der Waals surface area contributed by atoms with E-state index in [1.807, 2.05) is 66.7 Å². The normalized spacial score (nSPS) is 14.8. The van der Waals surface area contributed by atoms with Crippen molar-refractivity contribution < 1.29 is 27.4 Å². The summed E-state index contributed by atoms with van der Waals surface area (Å²) in [7, 11) is 1.51. The Morgan fingerprint density at radius 1 is 0.659 bits per heavy atom. The van der Waals surface area contributed by atoms with Gasteiger partial charge in [-0.2, -0.15) is 0 Å². The quantitative estimate of drug-likeness (QED) is 0.183. The van der Waals surface area contributed by atoms with Crippen LogP contribution in [-0.2, 0) is 7.05 Å². The van der Waals surface area contributed by atoms with Crippen LogP contribution in [0.1, 0.15) is 40.3 Å². The molecule has 0 aliphatic carbocycles. The standard InChI is InChI=1S/C40H32F2NO/c1-24(2)33-23-43(4)36(22-35(33)42)37-25(3)10-19-31-32-20-21-34(41)38(40(32)44-39(31)37)30-17-15-29(16-18-30)28-13-11-27(12-14-28)26-8-6-5-7-9-26/h5-24H,1-4H3/q+1/i1D3,2D3,24D. The molecule has 2 nitrogen and oxygen atoms in total. The maximum Gasteiger partial charge on any atom is 0.219 e. The second-order valence-corrected chi connectivity index (χ2v) is 11.0. The summed E-state index contributed by atoms with van der Waals surface area (Å²) in [6, 6.07) is 33.6. The second kappa shape index (κ2) is 10.9. The Hall–Kier alpha value is -5.09. The Balaban J connectivity index is 1.33. The van der Waals surface area contributed by atoms with Gasteiger partial charge in [-0.05, 0) is 58.3 Å². The highest BCUT2D eigenvalue weighted by Crippen LogP contribution is 2.42. The van der Waals surface area contributed by atoms with Gasteiger partial charge in [0.25, 0.3) is 0 Å². The van der Waals surface area contributed by atoms with Gasteiger partial charge in [-0.25, -0.2) is 13.3 Å². The first-order valence-electron chi connectivity index (χ1n) is 17.7. The minimum Gasteiger partial charge on any atom is -0.454 e. The van der Waals surface area contributed by atoms with Gasteiger partial charge in [-0.15, -0.1) is 0 Å². The van der Waals surface area contributed by atoms with E-state index >= 15 is 8.78 Å². The number of benzene rings is 5. The molecule has 0 unspecified atom stereocenters. The van der Waals surface area contributed by atoms with E-state index in [1.54, 1.807) is 13.0 Å². The third kappa shape index (κ3) is 4.67. The van der Waals surface area contributed by atoms with E-state index in [0.717, 1.165) is 34.5 Å². The number of aromatic nitrogens is 1. The van der Waals surface area contributed by atoms with Crippen LogP contribution in [0.5, 0.6) is 0 Å². The molecule has 0 saturated heterocycles. The van der Waals surface area contributed by atoms with Crippen LogP contribution in [0.4, 0.5) is 8.78 Å². The third-order valence-electron chi connectivity index (χ3n) is 8.22. The molecule has 7 aromatic rings. The minimum absolute atomic E-state index is 0.251. The Bertz CT molecular complexity index is 2420. The fourth-order valence-electron chi connectivity index (χ4n) is 5.94. The average Bonchev–Trinajstić information content (AvgIpc) is 3.47. The number of hydrogen-bond acceptors (Lipinski definition) is 1. The molecular weight excluding hydrogens is 548 g/mol. The molecule has 0 bridgehead atoms. The van der Waals surface area contributed by atoms with E-state index < -0.39 is 36.8 Å². The predicted molar refractivity (Wildman–Crippen MR) is 175 cm³/mol. The number of halogens is 2. The van der Waals surface area contributed by atoms with Crippen molar-refractivity contribution in [1.29, 1.82) is 0 Å². The van der Waals surface area contributed by atoms with E-state index in [0.29, 0.717) is 38.6 Å². The Morgan fingerprint density at radius 3 is 1.82 bits per heavy atom. The van der Waals surface area contributed by atoms with Gasteiger partial charge in [0, 0.05) is 26.4 Å². The molecule has 0 N–H and O–H groups in total. The van der Waals surface area contributed by atoms with Crippen molar-refractivity contribution in [2.45, 2.75) is 26.5 Å². The summed E-state index contributed by atoms with van der Waals surface area (Å²) in [5.41, 5.74) is 6.31. The van der Waals surface area contributed by atoms with Gasteiger partial charge in [-0.3, -0.25) is 0 Å². The minimum atomic E-state index is -3.35. The van der Waals surface area contributed by atoms with Crippen molar-refractivity contribution in [1.82, 2.24) is 0 Å². The largest absolute Gasteiger partial charge is 0.454 e. The van der Waals surface area contributed by atoms with E-state index in [9.17, 15) is 0 Å². The molecule has 44 heavy (non-hydrogen) atoms. The molecule has 4 heteroatoms. The highest BCUT2D eigenvalue weighted by molar-refractivity contribution is 6.13. The fraction of sp³-hybridized carbons (Fsp3) is 0.125. The summed E-state index contributed by atoms with van der Waals surface area (Å²) < 4.78 is 95.0. The number of fused-ring (bicyclic) bond motifs is 3. The fourth-order valence-corrected chi connectivity index (χ4v) is 5.94. The predicted octanol–water partition coefficient (Wildman–Crippen LogP) is 10.8. The monoisotopic (exact) mass is 587 g/mol. The van der Waals surface area contributed by atoms with E-state index in [4.69, 9.17) is 14.0 Å². The molecule has 0 amide bonds. The van der Waals surface area contributed by atoms with Gasteiger partial charge in [-0.1, -0.05) is 105 Å². The van der Waals surface area contributed by atoms with Crippen molar-refractivity contribution in [3.05, 3.63) is 138 Å². The zero-order chi connectivity index (χ0) is 36.5. The first-order chi connectivity index (χ1) is 24.1. The summed E-state index contributed by atoms with van der Waals surface area (Å²) >= 11 is 0. The number of aryl methyl sites for hydroxylation is 2. The van der Waals surface area contributed by atoms with Gasteiger partial charge < -0.3 is 4.42 Å². The van der Waals surface area contributed by atoms with Gasteiger partial charge in [0.15, 0.2) is 6.20 Å². The summed E-state index contributed by atoms with van der Waals surface area (Å²) in [4.78, 5) is 0. The summed E-state index contributed by atoms with van der Waals surface area (Å²) in [6.07, 6.45) is 1.04. The molecule has 2 aromatic heterocycles. The Kier molecular flexibility index (Phi) is 5.13. The highest BCUT2D eigenvalue weighted by Gasteiger charge is 2.25. The first-order valence-corrected chi connectivity index (χ1v) is 14.2. The molecule has 0 spiro atoms. The van der Waals surface area contributed by atoms with Gasteiger partial charge in [0.05, 0.1) is 16.7 Å². The van der Waals surface area contributed by atoms with Crippen LogP contribution in [0.2, 0.25) is 0 Å². The number of furan rings is 1. The van der Waals surface area contributed by atoms with Crippen molar-refractivity contribution in [3.63, 3.8) is 0 Å². The number of nitrogens with zero attached hydrogens (tertiary/aromatic N) is 1. The molecule has 7 rings (SSSR count). The summed E-state index contributed by atoms with van der Waals surface area (Å²) in [5.74, 6) is -4.85. The maximum absolute atomic E-state index is 15.9. The molecule has 2 heterocycles. The van der Waals surface area contributed by atoms with Crippen molar-refractivity contribution >= 4 is 21.9 Å². The van der Waals surface area contributed by atoms with Crippen LogP contribution in [-0.4, -0.2) is 0 Å². The molecule has 0 aliphatic heterocycles. The zero-order valence-electron chi connectivity index (χ0n) is 31.1.